The SMILES string of the molecule is Cc1cc(N)ccc1Oc1nccc2occc12. The molecule has 0 aliphatic rings. The smallest absolute Gasteiger partial charge is 0.230 e. The summed E-state index contributed by atoms with van der Waals surface area (Å²) in [6.07, 6.45) is 3.28. The molecule has 0 saturated carbocycles. The van der Waals surface area contributed by atoms with Crippen LogP contribution >= 0.6 is 0 Å². The number of aryl methyl sites for hydroxylation is 1. The molecule has 4 nitrogen and oxygen atoms in total. The maximum absolute atomic E-state index is 5.81. The number of nitrogen functional groups attached to an aromatic ring is 1. The predicted molar refractivity (Wildman–Crippen MR) is 69.7 cm³/mol. The summed E-state index contributed by atoms with van der Waals surface area (Å²) in [5, 5.41) is 0.855. The zero-order chi connectivity index (χ0) is 12.5. The largest absolute Gasteiger partial charge is 0.464 e. The van der Waals surface area contributed by atoms with Crippen molar-refractivity contribution in [3.8, 4) is 11.6 Å². The van der Waals surface area contributed by atoms with Gasteiger partial charge in [0.1, 0.15) is 11.3 Å². The van der Waals surface area contributed by atoms with Crippen LogP contribution in [0.15, 0.2) is 47.2 Å². The zero-order valence-corrected chi connectivity index (χ0v) is 9.88. The molecule has 2 heterocycles. The third kappa shape index (κ3) is 1.78. The highest BCUT2D eigenvalue weighted by Gasteiger charge is 2.08. The number of pyridine rings is 1. The van der Waals surface area contributed by atoms with Crippen LogP contribution in [0.25, 0.3) is 11.0 Å². The lowest BCUT2D eigenvalue weighted by Gasteiger charge is -2.08. The van der Waals surface area contributed by atoms with E-state index in [9.17, 15) is 0 Å². The Hall–Kier alpha value is -2.49. The van der Waals surface area contributed by atoms with Crippen LogP contribution in [0, 0.1) is 6.92 Å². The van der Waals surface area contributed by atoms with Gasteiger partial charge in [-0.2, -0.15) is 0 Å². The third-order valence-electron chi connectivity index (χ3n) is 2.75. The minimum atomic E-state index is 0.536. The zero-order valence-electron chi connectivity index (χ0n) is 9.88. The Labute approximate surface area is 104 Å². The Bertz CT molecular complexity index is 704. The van der Waals surface area contributed by atoms with Gasteiger partial charge in [0.25, 0.3) is 0 Å². The Morgan fingerprint density at radius 3 is 2.94 bits per heavy atom. The number of nitrogens with two attached hydrogens (primary N) is 1. The second-order valence-electron chi connectivity index (χ2n) is 4.08. The van der Waals surface area contributed by atoms with Gasteiger partial charge in [0.05, 0.1) is 11.6 Å². The maximum Gasteiger partial charge on any atom is 0.230 e. The molecule has 0 unspecified atom stereocenters. The molecule has 0 saturated heterocycles. The van der Waals surface area contributed by atoms with E-state index in [2.05, 4.69) is 4.98 Å². The van der Waals surface area contributed by atoms with Gasteiger partial charge in [-0.1, -0.05) is 0 Å². The summed E-state index contributed by atoms with van der Waals surface area (Å²) in [6, 6.07) is 9.15. The standard InChI is InChI=1S/C14H12N2O2/c1-9-8-10(15)2-3-12(9)18-14-11-5-7-17-13(11)4-6-16-14/h2-8H,15H2,1H3. The molecule has 3 aromatic rings. The molecule has 2 aromatic heterocycles. The average Bonchev–Trinajstić information content (AvgIpc) is 2.82. The number of hydrogen-bond donors (Lipinski definition) is 1. The highest BCUT2D eigenvalue weighted by Crippen LogP contribution is 2.30. The van der Waals surface area contributed by atoms with E-state index in [1.807, 2.05) is 25.1 Å². The lowest BCUT2D eigenvalue weighted by molar-refractivity contribution is 0.465. The summed E-state index contributed by atoms with van der Waals surface area (Å²) >= 11 is 0. The lowest BCUT2D eigenvalue weighted by atomic mass is 10.2. The lowest BCUT2D eigenvalue weighted by Crippen LogP contribution is -1.92. The van der Waals surface area contributed by atoms with Gasteiger partial charge in [0.2, 0.25) is 5.88 Å². The Kier molecular flexibility index (Phi) is 2.41. The first kappa shape index (κ1) is 10.7. The monoisotopic (exact) mass is 240 g/mol. The van der Waals surface area contributed by atoms with Gasteiger partial charge < -0.3 is 14.9 Å². The van der Waals surface area contributed by atoms with Gasteiger partial charge in [-0.25, -0.2) is 4.98 Å². The van der Waals surface area contributed by atoms with E-state index in [1.54, 1.807) is 24.6 Å². The molecule has 0 amide bonds. The van der Waals surface area contributed by atoms with E-state index in [1.165, 1.54) is 0 Å². The molecule has 2 N–H and O–H groups in total. The van der Waals surface area contributed by atoms with Crippen molar-refractivity contribution in [3.05, 3.63) is 48.4 Å². The van der Waals surface area contributed by atoms with Gasteiger partial charge in [-0.15, -0.1) is 0 Å². The predicted octanol–water partition coefficient (Wildman–Crippen LogP) is 3.51. The number of nitrogens with zero attached hydrogens (tertiary/aromatic N) is 1. The number of ether oxygens (including phenoxy) is 1. The second kappa shape index (κ2) is 4.07. The molecule has 0 atom stereocenters. The number of benzene rings is 1. The van der Waals surface area contributed by atoms with E-state index < -0.39 is 0 Å². The van der Waals surface area contributed by atoms with Crippen molar-refractivity contribution in [3.63, 3.8) is 0 Å². The third-order valence-corrected chi connectivity index (χ3v) is 2.75. The first-order valence-electron chi connectivity index (χ1n) is 5.60. The van der Waals surface area contributed by atoms with Gasteiger partial charge in [0, 0.05) is 11.9 Å². The van der Waals surface area contributed by atoms with Gasteiger partial charge in [0.15, 0.2) is 0 Å². The summed E-state index contributed by atoms with van der Waals surface area (Å²) < 4.78 is 11.1. The van der Waals surface area contributed by atoms with E-state index >= 15 is 0 Å². The van der Waals surface area contributed by atoms with Crippen molar-refractivity contribution in [2.45, 2.75) is 6.92 Å². The van der Waals surface area contributed by atoms with E-state index in [-0.39, 0.29) is 0 Å². The Morgan fingerprint density at radius 1 is 1.22 bits per heavy atom. The van der Waals surface area contributed by atoms with Crippen LogP contribution in [0.1, 0.15) is 5.56 Å². The molecule has 90 valence electrons. The number of fused-ring (bicyclic) bond motifs is 1. The van der Waals surface area contributed by atoms with Crippen molar-refractivity contribution < 1.29 is 9.15 Å². The number of anilines is 1. The molecule has 0 aliphatic carbocycles. The van der Waals surface area contributed by atoms with Crippen molar-refractivity contribution in [2.24, 2.45) is 0 Å². The van der Waals surface area contributed by atoms with Crippen LogP contribution in [0.5, 0.6) is 11.6 Å². The number of hydrogen-bond acceptors (Lipinski definition) is 4. The first-order valence-corrected chi connectivity index (χ1v) is 5.60. The molecule has 4 heteroatoms. The van der Waals surface area contributed by atoms with Gasteiger partial charge in [-0.05, 0) is 42.8 Å². The van der Waals surface area contributed by atoms with E-state index in [0.29, 0.717) is 11.6 Å². The highest BCUT2D eigenvalue weighted by atomic mass is 16.5. The van der Waals surface area contributed by atoms with Gasteiger partial charge >= 0.3 is 0 Å². The second-order valence-corrected chi connectivity index (χ2v) is 4.08. The molecule has 0 aliphatic heterocycles. The van der Waals surface area contributed by atoms with Crippen LogP contribution in [-0.4, -0.2) is 4.98 Å². The molecule has 0 radical (unpaired) electrons. The fourth-order valence-electron chi connectivity index (χ4n) is 1.84. The molecule has 0 fully saturated rings. The Morgan fingerprint density at radius 2 is 2.11 bits per heavy atom. The van der Waals surface area contributed by atoms with Crippen molar-refractivity contribution >= 4 is 16.7 Å². The number of aromatic nitrogens is 1. The number of furan rings is 1. The van der Waals surface area contributed by atoms with Crippen LogP contribution in [0.3, 0.4) is 0 Å². The maximum atomic E-state index is 5.81. The topological polar surface area (TPSA) is 61.3 Å². The van der Waals surface area contributed by atoms with E-state index in [4.69, 9.17) is 14.9 Å². The van der Waals surface area contributed by atoms with Crippen LogP contribution in [-0.2, 0) is 0 Å². The fraction of sp³-hybridized carbons (Fsp3) is 0.0714. The normalized spacial score (nSPS) is 10.7. The molecular formula is C14H12N2O2. The molecule has 0 spiro atoms. The van der Waals surface area contributed by atoms with Gasteiger partial charge in [-0.3, -0.25) is 0 Å². The fourth-order valence-corrected chi connectivity index (χ4v) is 1.84. The number of rotatable bonds is 2. The minimum Gasteiger partial charge on any atom is -0.464 e. The molecular weight excluding hydrogens is 228 g/mol. The van der Waals surface area contributed by atoms with Crippen molar-refractivity contribution in [2.75, 3.05) is 5.73 Å². The molecule has 3 rings (SSSR count). The van der Waals surface area contributed by atoms with Crippen LogP contribution in [0.4, 0.5) is 5.69 Å². The van der Waals surface area contributed by atoms with Crippen LogP contribution < -0.4 is 10.5 Å². The molecule has 18 heavy (non-hydrogen) atoms. The quantitative estimate of drug-likeness (QED) is 0.696. The summed E-state index contributed by atoms with van der Waals surface area (Å²) in [5.41, 5.74) is 8.15. The van der Waals surface area contributed by atoms with Crippen molar-refractivity contribution in [1.29, 1.82) is 0 Å². The molecule has 0 bridgehead atoms. The minimum absolute atomic E-state index is 0.536. The van der Waals surface area contributed by atoms with Crippen LogP contribution in [0.2, 0.25) is 0 Å². The van der Waals surface area contributed by atoms with E-state index in [0.717, 1.165) is 22.3 Å². The summed E-state index contributed by atoms with van der Waals surface area (Å²) in [7, 11) is 0. The highest BCUT2D eigenvalue weighted by molar-refractivity contribution is 5.82. The summed E-state index contributed by atoms with van der Waals surface area (Å²) in [4.78, 5) is 4.22. The summed E-state index contributed by atoms with van der Waals surface area (Å²) in [5.74, 6) is 1.28. The Balaban J connectivity index is 2.03. The van der Waals surface area contributed by atoms with Crippen molar-refractivity contribution in [1.82, 2.24) is 4.98 Å². The average molecular weight is 240 g/mol. The first-order chi connectivity index (χ1) is 8.74. The summed E-state index contributed by atoms with van der Waals surface area (Å²) in [6.45, 7) is 1.95. The molecule has 1 aromatic carbocycles.